The number of carbonyl (C=O) groups excluding carboxylic acids is 1. The maximum Gasteiger partial charge on any atom is 0.260 e. The summed E-state index contributed by atoms with van der Waals surface area (Å²) in [5, 5.41) is 12.2. The average molecular weight is 330 g/mol. The first kappa shape index (κ1) is 13.1. The lowest BCUT2D eigenvalue weighted by atomic mass is 10.2. The molecule has 94 valence electrons. The highest BCUT2D eigenvalue weighted by atomic mass is 79.9. The van der Waals surface area contributed by atoms with Crippen LogP contribution in [0.25, 0.3) is 0 Å². The van der Waals surface area contributed by atoms with E-state index >= 15 is 0 Å². The fraction of sp³-hybridized carbons (Fsp3) is 0.182. The van der Waals surface area contributed by atoms with Crippen LogP contribution >= 0.6 is 27.3 Å². The number of anilines is 1. The van der Waals surface area contributed by atoms with Crippen molar-refractivity contribution in [2.24, 2.45) is 0 Å². The Balaban J connectivity index is 2.09. The molecule has 0 aliphatic carbocycles. The van der Waals surface area contributed by atoms with E-state index in [1.807, 2.05) is 0 Å². The number of nitrogens with zero attached hydrogens (tertiary/aromatic N) is 2. The number of rotatable bonds is 4. The minimum Gasteiger partial charge on any atom is -0.296 e. The number of hydrogen-bond acceptors (Lipinski definition) is 4. The molecule has 1 amide bonds. The molecule has 0 radical (unpaired) electrons. The van der Waals surface area contributed by atoms with Crippen LogP contribution in [-0.2, 0) is 6.42 Å². The van der Waals surface area contributed by atoms with Crippen molar-refractivity contribution in [3.63, 3.8) is 0 Å². The number of nitrogens with one attached hydrogen (secondary N) is 1. The zero-order valence-electron chi connectivity index (χ0n) is 9.19. The van der Waals surface area contributed by atoms with Crippen molar-refractivity contribution in [2.75, 3.05) is 10.6 Å². The normalized spacial score (nSPS) is 10.3. The van der Waals surface area contributed by atoms with Gasteiger partial charge >= 0.3 is 0 Å². The Morgan fingerprint density at radius 1 is 1.39 bits per heavy atom. The van der Waals surface area contributed by atoms with Crippen molar-refractivity contribution >= 4 is 38.3 Å². The number of alkyl halides is 1. The molecule has 1 aromatic heterocycles. The molecule has 0 spiro atoms. The summed E-state index contributed by atoms with van der Waals surface area (Å²) in [6.45, 7) is 0. The van der Waals surface area contributed by atoms with Crippen molar-refractivity contribution in [2.45, 2.75) is 6.42 Å². The third-order valence-corrected chi connectivity index (χ3v) is 3.41. The van der Waals surface area contributed by atoms with Crippen LogP contribution in [-0.4, -0.2) is 21.4 Å². The molecule has 0 aliphatic heterocycles. The number of amides is 1. The van der Waals surface area contributed by atoms with Crippen LogP contribution in [0.1, 0.15) is 15.4 Å². The summed E-state index contributed by atoms with van der Waals surface area (Å²) in [5.41, 5.74) is -0.00487. The molecule has 1 aromatic carbocycles. The Hall–Kier alpha value is -1.34. The number of hydrogen-bond donors (Lipinski definition) is 1. The molecule has 2 rings (SSSR count). The summed E-state index contributed by atoms with van der Waals surface area (Å²) in [6.07, 6.45) is 0.743. The third-order valence-electron chi connectivity index (χ3n) is 2.11. The van der Waals surface area contributed by atoms with E-state index in [4.69, 9.17) is 0 Å². The van der Waals surface area contributed by atoms with E-state index in [1.165, 1.54) is 29.5 Å². The van der Waals surface area contributed by atoms with Crippen LogP contribution in [0.3, 0.4) is 0 Å². The zero-order valence-corrected chi connectivity index (χ0v) is 11.6. The van der Waals surface area contributed by atoms with E-state index in [0.717, 1.165) is 16.8 Å². The molecule has 0 unspecified atom stereocenters. The molecule has 7 heteroatoms. The van der Waals surface area contributed by atoms with Crippen LogP contribution in [0.4, 0.5) is 9.52 Å². The van der Waals surface area contributed by atoms with Crippen molar-refractivity contribution in [3.05, 3.63) is 40.7 Å². The van der Waals surface area contributed by atoms with Gasteiger partial charge in [0.25, 0.3) is 5.91 Å². The highest BCUT2D eigenvalue weighted by molar-refractivity contribution is 9.09. The molecular weight excluding hydrogens is 321 g/mol. The van der Waals surface area contributed by atoms with Crippen LogP contribution < -0.4 is 5.32 Å². The summed E-state index contributed by atoms with van der Waals surface area (Å²) >= 11 is 4.57. The molecule has 0 atom stereocenters. The summed E-state index contributed by atoms with van der Waals surface area (Å²) in [5.74, 6) is -1.07. The fourth-order valence-corrected chi connectivity index (χ4v) is 2.67. The fourth-order valence-electron chi connectivity index (χ4n) is 1.30. The first-order chi connectivity index (χ1) is 8.70. The van der Waals surface area contributed by atoms with Crippen LogP contribution in [0.15, 0.2) is 24.3 Å². The number of benzene rings is 1. The van der Waals surface area contributed by atoms with Gasteiger partial charge in [0.15, 0.2) is 0 Å². The molecule has 4 nitrogen and oxygen atoms in total. The molecular formula is C11H9BrFN3OS. The van der Waals surface area contributed by atoms with Gasteiger partial charge in [0.05, 0.1) is 5.56 Å². The van der Waals surface area contributed by atoms with Crippen LogP contribution in [0.2, 0.25) is 0 Å². The van der Waals surface area contributed by atoms with Gasteiger partial charge in [-0.05, 0) is 12.1 Å². The summed E-state index contributed by atoms with van der Waals surface area (Å²) < 4.78 is 13.4. The van der Waals surface area contributed by atoms with Gasteiger partial charge in [0.2, 0.25) is 5.13 Å². The van der Waals surface area contributed by atoms with Gasteiger partial charge in [0.1, 0.15) is 10.8 Å². The highest BCUT2D eigenvalue weighted by Crippen LogP contribution is 2.17. The molecule has 18 heavy (non-hydrogen) atoms. The van der Waals surface area contributed by atoms with Gasteiger partial charge in [-0.3, -0.25) is 10.1 Å². The maximum absolute atomic E-state index is 13.4. The van der Waals surface area contributed by atoms with Crippen molar-refractivity contribution in [3.8, 4) is 0 Å². The molecule has 1 N–H and O–H groups in total. The van der Waals surface area contributed by atoms with Gasteiger partial charge in [-0.25, -0.2) is 4.39 Å². The molecule has 1 heterocycles. The Morgan fingerprint density at radius 3 is 2.89 bits per heavy atom. The van der Waals surface area contributed by atoms with E-state index in [2.05, 4.69) is 31.4 Å². The van der Waals surface area contributed by atoms with E-state index < -0.39 is 11.7 Å². The largest absolute Gasteiger partial charge is 0.296 e. The minimum atomic E-state index is -0.555. The smallest absolute Gasteiger partial charge is 0.260 e. The first-order valence-corrected chi connectivity index (χ1v) is 7.08. The van der Waals surface area contributed by atoms with E-state index in [-0.39, 0.29) is 5.56 Å². The number of halogens is 2. The summed E-state index contributed by atoms with van der Waals surface area (Å²) in [6, 6.07) is 5.80. The van der Waals surface area contributed by atoms with Gasteiger partial charge in [-0.2, -0.15) is 0 Å². The third kappa shape index (κ3) is 3.11. The van der Waals surface area contributed by atoms with Crippen molar-refractivity contribution < 1.29 is 9.18 Å². The lowest BCUT2D eigenvalue weighted by molar-refractivity contribution is 0.102. The minimum absolute atomic E-state index is 0.00487. The van der Waals surface area contributed by atoms with Gasteiger partial charge in [-0.1, -0.05) is 39.4 Å². The SMILES string of the molecule is O=C(Nc1nnc(CCBr)s1)c1ccccc1F. The van der Waals surface area contributed by atoms with Crippen LogP contribution in [0, 0.1) is 5.82 Å². The summed E-state index contributed by atoms with van der Waals surface area (Å²) in [4.78, 5) is 11.8. The summed E-state index contributed by atoms with van der Waals surface area (Å²) in [7, 11) is 0. The lowest BCUT2D eigenvalue weighted by Gasteiger charge is -2.01. The lowest BCUT2D eigenvalue weighted by Crippen LogP contribution is -2.13. The van der Waals surface area contributed by atoms with E-state index in [9.17, 15) is 9.18 Å². The second kappa shape index (κ2) is 6.01. The molecule has 0 aliphatic rings. The Morgan fingerprint density at radius 2 is 2.17 bits per heavy atom. The number of aryl methyl sites for hydroxylation is 1. The standard InChI is InChI=1S/C11H9BrFN3OS/c12-6-5-9-15-16-11(18-9)14-10(17)7-3-1-2-4-8(7)13/h1-4H,5-6H2,(H,14,16,17). The van der Waals surface area contributed by atoms with Gasteiger partial charge < -0.3 is 0 Å². The van der Waals surface area contributed by atoms with Crippen molar-refractivity contribution in [1.82, 2.24) is 10.2 Å². The average Bonchev–Trinajstić information content (AvgIpc) is 2.77. The highest BCUT2D eigenvalue weighted by Gasteiger charge is 2.13. The van der Waals surface area contributed by atoms with E-state index in [0.29, 0.717) is 5.13 Å². The maximum atomic E-state index is 13.4. The van der Waals surface area contributed by atoms with Gasteiger partial charge in [0, 0.05) is 11.8 Å². The van der Waals surface area contributed by atoms with Crippen molar-refractivity contribution in [1.29, 1.82) is 0 Å². The predicted octanol–water partition coefficient (Wildman–Crippen LogP) is 2.87. The second-order valence-electron chi connectivity index (χ2n) is 3.37. The molecule has 2 aromatic rings. The molecule has 0 fully saturated rings. The van der Waals surface area contributed by atoms with E-state index in [1.54, 1.807) is 6.07 Å². The molecule has 0 saturated carbocycles. The molecule has 0 saturated heterocycles. The second-order valence-corrected chi connectivity index (χ2v) is 5.23. The Kier molecular flexibility index (Phi) is 4.38. The number of aromatic nitrogens is 2. The Labute approximate surface area is 115 Å². The molecule has 0 bridgehead atoms. The monoisotopic (exact) mass is 329 g/mol. The predicted molar refractivity (Wildman–Crippen MR) is 71.8 cm³/mol. The quantitative estimate of drug-likeness (QED) is 0.877. The Bertz CT molecular complexity index is 561. The zero-order chi connectivity index (χ0) is 13.0. The first-order valence-electron chi connectivity index (χ1n) is 5.15. The van der Waals surface area contributed by atoms with Gasteiger partial charge in [-0.15, -0.1) is 10.2 Å². The topological polar surface area (TPSA) is 54.9 Å². The van der Waals surface area contributed by atoms with Crippen LogP contribution in [0.5, 0.6) is 0 Å². The number of carbonyl (C=O) groups is 1.